The van der Waals surface area contributed by atoms with Crippen LogP contribution in [-0.4, -0.2) is 23.3 Å². The topological polar surface area (TPSA) is 66.8 Å². The molecule has 0 saturated carbocycles. The molecule has 0 unspecified atom stereocenters. The average molecular weight is 471 g/mol. The Balaban J connectivity index is 2.11. The molecule has 0 heterocycles. The van der Waals surface area contributed by atoms with Crippen LogP contribution in [0.2, 0.25) is 0 Å². The van der Waals surface area contributed by atoms with Gasteiger partial charge in [0, 0.05) is 0 Å². The molecule has 8 heteroatoms. The fourth-order valence-electron chi connectivity index (χ4n) is 3.42. The lowest BCUT2D eigenvalue weighted by molar-refractivity contribution is -0.274. The van der Waals surface area contributed by atoms with E-state index < -0.39 is 24.0 Å². The summed E-state index contributed by atoms with van der Waals surface area (Å²) in [7, 11) is 0. The maximum Gasteiger partial charge on any atom is 0.573 e. The Morgan fingerprint density at radius 1 is 0.882 bits per heavy atom. The van der Waals surface area contributed by atoms with E-state index in [0.717, 1.165) is 16.5 Å². The highest BCUT2D eigenvalue weighted by molar-refractivity contribution is 6.37. The van der Waals surface area contributed by atoms with E-state index in [9.17, 15) is 27.9 Å². The molecule has 34 heavy (non-hydrogen) atoms. The number of ether oxygens (including phenoxy) is 1. The lowest BCUT2D eigenvalue weighted by Gasteiger charge is -2.25. The summed E-state index contributed by atoms with van der Waals surface area (Å²) in [5.41, 5.74) is 2.31. The number of carbonyl (C=O) groups excluding carboxylic acids is 1. The number of carbonyl (C=O) groups is 2. The molecule has 178 valence electrons. The van der Waals surface area contributed by atoms with Gasteiger partial charge in [0.05, 0.1) is 12.2 Å². The summed E-state index contributed by atoms with van der Waals surface area (Å²) in [5.74, 6) is -3.85. The zero-order valence-electron chi connectivity index (χ0n) is 18.9. The van der Waals surface area contributed by atoms with Crippen molar-refractivity contribution < 1.29 is 32.6 Å². The predicted octanol–water partition coefficient (Wildman–Crippen LogP) is 6.17. The first-order valence-electron chi connectivity index (χ1n) is 10.4. The number of anilines is 1. The summed E-state index contributed by atoms with van der Waals surface area (Å²) in [6, 6.07) is 19.7. The van der Waals surface area contributed by atoms with Crippen LogP contribution < -0.4 is 9.64 Å². The van der Waals surface area contributed by atoms with E-state index in [-0.39, 0.29) is 17.6 Å². The van der Waals surface area contributed by atoms with Crippen LogP contribution in [0.4, 0.5) is 18.9 Å². The van der Waals surface area contributed by atoms with E-state index in [1.54, 1.807) is 42.5 Å². The van der Waals surface area contributed by atoms with Crippen molar-refractivity contribution in [2.75, 3.05) is 4.90 Å². The first-order chi connectivity index (χ1) is 15.8. The van der Waals surface area contributed by atoms with Gasteiger partial charge < -0.3 is 9.84 Å². The van der Waals surface area contributed by atoms with E-state index in [1.165, 1.54) is 12.1 Å². The van der Waals surface area contributed by atoms with Crippen LogP contribution in [0.5, 0.6) is 5.75 Å². The van der Waals surface area contributed by atoms with Crippen LogP contribution >= 0.6 is 0 Å². The number of halogens is 3. The second-order valence-electron chi connectivity index (χ2n) is 8.74. The summed E-state index contributed by atoms with van der Waals surface area (Å²) in [5, 5.41) is 9.40. The van der Waals surface area contributed by atoms with Gasteiger partial charge in [-0.15, -0.1) is 13.2 Å². The summed E-state index contributed by atoms with van der Waals surface area (Å²) < 4.78 is 43.5. The third-order valence-electron chi connectivity index (χ3n) is 5.17. The fraction of sp³-hybridized carbons (Fsp3) is 0.231. The quantitative estimate of drug-likeness (QED) is 0.452. The number of aliphatic carboxylic acids is 1. The first-order valence-corrected chi connectivity index (χ1v) is 10.4. The molecule has 3 aromatic rings. The normalized spacial score (nSPS) is 11.7. The van der Waals surface area contributed by atoms with E-state index >= 15 is 0 Å². The second-order valence-corrected chi connectivity index (χ2v) is 8.74. The number of hydrogen-bond donors (Lipinski definition) is 1. The van der Waals surface area contributed by atoms with Crippen LogP contribution in [0.3, 0.4) is 0 Å². The molecule has 0 aromatic heterocycles. The van der Waals surface area contributed by atoms with Crippen molar-refractivity contribution in [2.45, 2.75) is 39.1 Å². The van der Waals surface area contributed by atoms with Crippen molar-refractivity contribution in [3.8, 4) is 16.9 Å². The van der Waals surface area contributed by atoms with Crippen molar-refractivity contribution in [1.29, 1.82) is 0 Å². The van der Waals surface area contributed by atoms with Gasteiger partial charge in [-0.3, -0.25) is 9.69 Å². The Bertz CT molecular complexity index is 1170. The molecule has 1 amide bonds. The Morgan fingerprint density at radius 3 is 2.03 bits per heavy atom. The number of benzene rings is 3. The molecule has 0 aliphatic heterocycles. The number of alkyl halides is 3. The number of hydrogen-bond acceptors (Lipinski definition) is 3. The smallest absolute Gasteiger partial charge is 0.474 e. The molecule has 5 nitrogen and oxygen atoms in total. The molecule has 0 aliphatic carbocycles. The molecule has 0 aliphatic rings. The van der Waals surface area contributed by atoms with Gasteiger partial charge in [-0.25, -0.2) is 4.79 Å². The van der Waals surface area contributed by atoms with Gasteiger partial charge >= 0.3 is 18.2 Å². The maximum atomic E-state index is 13.1. The van der Waals surface area contributed by atoms with E-state index in [1.807, 2.05) is 32.9 Å². The monoisotopic (exact) mass is 471 g/mol. The summed E-state index contributed by atoms with van der Waals surface area (Å²) in [4.78, 5) is 25.0. The zero-order chi connectivity index (χ0) is 25.1. The van der Waals surface area contributed by atoms with Crippen molar-refractivity contribution in [3.05, 3.63) is 83.9 Å². The Labute approximate surface area is 195 Å². The SMILES string of the molecule is CC(C)(C)c1ccc(CN(C(=O)C(=O)O)c2cc(-c3ccccc3)ccc2OC(F)(F)F)cc1. The van der Waals surface area contributed by atoms with Gasteiger partial charge in [0.2, 0.25) is 0 Å². The molecule has 0 bridgehead atoms. The van der Waals surface area contributed by atoms with Crippen LogP contribution in [0.25, 0.3) is 11.1 Å². The molecule has 3 aromatic carbocycles. The molecular weight excluding hydrogens is 447 g/mol. The van der Waals surface area contributed by atoms with Gasteiger partial charge in [0.1, 0.15) is 0 Å². The molecule has 0 spiro atoms. The molecule has 1 N–H and O–H groups in total. The number of rotatable bonds is 5. The second kappa shape index (κ2) is 9.59. The zero-order valence-corrected chi connectivity index (χ0v) is 18.9. The highest BCUT2D eigenvalue weighted by atomic mass is 19.4. The van der Waals surface area contributed by atoms with Gasteiger partial charge in [0.15, 0.2) is 5.75 Å². The summed E-state index contributed by atoms with van der Waals surface area (Å²) in [6.07, 6.45) is -5.03. The average Bonchev–Trinajstić information content (AvgIpc) is 2.76. The van der Waals surface area contributed by atoms with Crippen molar-refractivity contribution in [1.82, 2.24) is 0 Å². The maximum absolute atomic E-state index is 13.1. The van der Waals surface area contributed by atoms with Crippen LogP contribution in [0.1, 0.15) is 31.9 Å². The Kier molecular flexibility index (Phi) is 7.00. The molecule has 3 rings (SSSR count). The van der Waals surface area contributed by atoms with Crippen LogP contribution in [-0.2, 0) is 21.5 Å². The van der Waals surface area contributed by atoms with Crippen molar-refractivity contribution >= 4 is 17.6 Å². The first kappa shape index (κ1) is 24.8. The predicted molar refractivity (Wildman–Crippen MR) is 123 cm³/mol. The van der Waals surface area contributed by atoms with Crippen molar-refractivity contribution in [2.24, 2.45) is 0 Å². The number of carboxylic acid groups (broad SMARTS) is 1. The number of amides is 1. The van der Waals surface area contributed by atoms with Crippen LogP contribution in [0.15, 0.2) is 72.8 Å². The molecule has 0 atom stereocenters. The molecule has 0 radical (unpaired) electrons. The largest absolute Gasteiger partial charge is 0.573 e. The summed E-state index contributed by atoms with van der Waals surface area (Å²) >= 11 is 0. The summed E-state index contributed by atoms with van der Waals surface area (Å²) in [6.45, 7) is 5.82. The van der Waals surface area contributed by atoms with Gasteiger partial charge in [-0.1, -0.05) is 81.4 Å². The van der Waals surface area contributed by atoms with Crippen LogP contribution in [0, 0.1) is 0 Å². The Hall–Kier alpha value is -3.81. The minimum atomic E-state index is -5.03. The minimum Gasteiger partial charge on any atom is -0.474 e. The molecular formula is C26H24F3NO4. The van der Waals surface area contributed by atoms with E-state index in [2.05, 4.69) is 4.74 Å². The van der Waals surface area contributed by atoms with E-state index in [4.69, 9.17) is 0 Å². The third-order valence-corrected chi connectivity index (χ3v) is 5.17. The molecule has 0 saturated heterocycles. The number of carboxylic acids is 1. The lowest BCUT2D eigenvalue weighted by atomic mass is 9.87. The third kappa shape index (κ3) is 6.15. The van der Waals surface area contributed by atoms with Gasteiger partial charge in [-0.05, 0) is 39.8 Å². The Morgan fingerprint density at radius 2 is 1.50 bits per heavy atom. The van der Waals surface area contributed by atoms with Gasteiger partial charge in [-0.2, -0.15) is 0 Å². The van der Waals surface area contributed by atoms with Gasteiger partial charge in [0.25, 0.3) is 0 Å². The standard InChI is InChI=1S/C26H24F3NO4/c1-25(2,3)20-12-9-17(10-13-20)16-30(23(31)24(32)33)21-15-19(18-7-5-4-6-8-18)11-14-22(21)34-26(27,28)29/h4-15H,16H2,1-3H3,(H,32,33). The highest BCUT2D eigenvalue weighted by Gasteiger charge is 2.34. The lowest BCUT2D eigenvalue weighted by Crippen LogP contribution is -2.36. The minimum absolute atomic E-state index is 0.132. The highest BCUT2D eigenvalue weighted by Crippen LogP contribution is 2.37. The fourth-order valence-corrected chi connectivity index (χ4v) is 3.42. The van der Waals surface area contributed by atoms with E-state index in [0.29, 0.717) is 16.7 Å². The van der Waals surface area contributed by atoms with Crippen molar-refractivity contribution in [3.63, 3.8) is 0 Å². The number of nitrogens with zero attached hydrogens (tertiary/aromatic N) is 1. The molecule has 0 fully saturated rings.